The number of anilines is 1. The summed E-state index contributed by atoms with van der Waals surface area (Å²) in [5.74, 6) is -0.161. The lowest BCUT2D eigenvalue weighted by molar-refractivity contribution is 0.0947. The van der Waals surface area contributed by atoms with Crippen LogP contribution in [0.2, 0.25) is 0 Å². The van der Waals surface area contributed by atoms with Crippen LogP contribution in [0.25, 0.3) is 0 Å². The van der Waals surface area contributed by atoms with Crippen molar-refractivity contribution in [3.8, 4) is 0 Å². The zero-order chi connectivity index (χ0) is 10.8. The van der Waals surface area contributed by atoms with Crippen molar-refractivity contribution >= 4 is 11.9 Å². The molecule has 76 valence electrons. The Morgan fingerprint density at radius 2 is 2.13 bits per heavy atom. The second kappa shape index (κ2) is 3.53. The molecule has 2 rings (SSSR count). The van der Waals surface area contributed by atoms with Crippen molar-refractivity contribution in [3.05, 3.63) is 41.7 Å². The van der Waals surface area contributed by atoms with Gasteiger partial charge in [0.05, 0.1) is 0 Å². The average molecular weight is 202 g/mol. The molecule has 0 bridgehead atoms. The van der Waals surface area contributed by atoms with Crippen molar-refractivity contribution in [3.63, 3.8) is 0 Å². The minimum atomic E-state index is -0.261. The summed E-state index contributed by atoms with van der Waals surface area (Å²) in [4.78, 5) is 15.6. The second-order valence-electron chi connectivity index (χ2n) is 3.15. The number of hydrogen-bond acceptors (Lipinski definition) is 4. The Balaban J connectivity index is 2.46. The van der Waals surface area contributed by atoms with Gasteiger partial charge in [0.2, 0.25) is 5.95 Å². The standard InChI is InChI=1S/C10H10N4O/c1-7-4-2-3-5-8(7)9(15)14-10(11)12-6-13-14/h2-6H,1H3,(H2,11,12,13). The van der Waals surface area contributed by atoms with Gasteiger partial charge in [-0.15, -0.1) is 0 Å². The van der Waals surface area contributed by atoms with E-state index < -0.39 is 0 Å². The van der Waals surface area contributed by atoms with Crippen LogP contribution in [-0.2, 0) is 0 Å². The first kappa shape index (κ1) is 9.39. The van der Waals surface area contributed by atoms with Crippen molar-refractivity contribution in [2.24, 2.45) is 0 Å². The van der Waals surface area contributed by atoms with Crippen LogP contribution in [-0.4, -0.2) is 20.7 Å². The molecule has 0 saturated carbocycles. The third-order valence-electron chi connectivity index (χ3n) is 2.14. The average Bonchev–Trinajstić information content (AvgIpc) is 2.64. The fourth-order valence-corrected chi connectivity index (χ4v) is 1.33. The summed E-state index contributed by atoms with van der Waals surface area (Å²) in [6, 6.07) is 7.27. The number of carbonyl (C=O) groups excluding carboxylic acids is 1. The van der Waals surface area contributed by atoms with Crippen molar-refractivity contribution in [2.75, 3.05) is 5.73 Å². The summed E-state index contributed by atoms with van der Waals surface area (Å²) in [7, 11) is 0. The highest BCUT2D eigenvalue weighted by Crippen LogP contribution is 2.10. The molecule has 0 aliphatic rings. The van der Waals surface area contributed by atoms with Crippen molar-refractivity contribution in [2.45, 2.75) is 6.92 Å². The molecule has 0 saturated heterocycles. The molecule has 0 fully saturated rings. The lowest BCUT2D eigenvalue weighted by Gasteiger charge is -2.04. The number of rotatable bonds is 1. The summed E-state index contributed by atoms with van der Waals surface area (Å²) in [5.41, 5.74) is 6.96. The fraction of sp³-hybridized carbons (Fsp3) is 0.100. The van der Waals surface area contributed by atoms with E-state index in [1.165, 1.54) is 6.33 Å². The van der Waals surface area contributed by atoms with Gasteiger partial charge in [0.15, 0.2) is 0 Å². The molecule has 0 radical (unpaired) electrons. The summed E-state index contributed by atoms with van der Waals surface area (Å²) in [6.07, 6.45) is 1.26. The third-order valence-corrected chi connectivity index (χ3v) is 2.14. The van der Waals surface area contributed by atoms with Gasteiger partial charge in [-0.2, -0.15) is 14.8 Å². The number of nitrogens with two attached hydrogens (primary N) is 1. The van der Waals surface area contributed by atoms with Gasteiger partial charge in [0.25, 0.3) is 5.91 Å². The van der Waals surface area contributed by atoms with Crippen LogP contribution in [0.1, 0.15) is 15.9 Å². The quantitative estimate of drug-likeness (QED) is 0.744. The molecule has 0 amide bonds. The van der Waals surface area contributed by atoms with Gasteiger partial charge in [-0.05, 0) is 18.6 Å². The lowest BCUT2D eigenvalue weighted by atomic mass is 10.1. The van der Waals surface area contributed by atoms with Gasteiger partial charge in [0.1, 0.15) is 6.33 Å². The number of nitrogens with zero attached hydrogens (tertiary/aromatic N) is 3. The lowest BCUT2D eigenvalue weighted by Crippen LogP contribution is -2.17. The zero-order valence-electron chi connectivity index (χ0n) is 8.21. The van der Waals surface area contributed by atoms with Gasteiger partial charge in [-0.1, -0.05) is 18.2 Å². The second-order valence-corrected chi connectivity index (χ2v) is 3.15. The minimum Gasteiger partial charge on any atom is -0.368 e. The Morgan fingerprint density at radius 3 is 2.73 bits per heavy atom. The topological polar surface area (TPSA) is 73.8 Å². The van der Waals surface area contributed by atoms with E-state index in [1.54, 1.807) is 12.1 Å². The maximum atomic E-state index is 11.9. The summed E-state index contributed by atoms with van der Waals surface area (Å²) in [5, 5.41) is 3.76. The van der Waals surface area contributed by atoms with E-state index in [4.69, 9.17) is 5.73 Å². The van der Waals surface area contributed by atoms with E-state index >= 15 is 0 Å². The first-order valence-electron chi connectivity index (χ1n) is 4.46. The number of carbonyl (C=O) groups is 1. The van der Waals surface area contributed by atoms with E-state index in [0.717, 1.165) is 10.2 Å². The predicted molar refractivity (Wildman–Crippen MR) is 55.3 cm³/mol. The third kappa shape index (κ3) is 1.59. The molecule has 0 unspecified atom stereocenters. The molecule has 15 heavy (non-hydrogen) atoms. The Morgan fingerprint density at radius 1 is 1.40 bits per heavy atom. The number of benzene rings is 1. The first-order valence-corrected chi connectivity index (χ1v) is 4.46. The Hall–Kier alpha value is -2.17. The Labute approximate surface area is 86.5 Å². The Kier molecular flexibility index (Phi) is 2.21. The van der Waals surface area contributed by atoms with E-state index in [0.29, 0.717) is 5.56 Å². The van der Waals surface area contributed by atoms with Crippen molar-refractivity contribution in [1.29, 1.82) is 0 Å². The van der Waals surface area contributed by atoms with E-state index in [-0.39, 0.29) is 11.9 Å². The van der Waals surface area contributed by atoms with Crippen LogP contribution in [0.4, 0.5) is 5.95 Å². The Bertz CT molecular complexity index is 504. The zero-order valence-corrected chi connectivity index (χ0v) is 8.21. The van der Waals surface area contributed by atoms with Gasteiger partial charge < -0.3 is 5.73 Å². The van der Waals surface area contributed by atoms with Crippen molar-refractivity contribution in [1.82, 2.24) is 14.8 Å². The number of aromatic nitrogens is 3. The van der Waals surface area contributed by atoms with E-state index in [1.807, 2.05) is 19.1 Å². The molecule has 1 aromatic carbocycles. The van der Waals surface area contributed by atoms with Crippen LogP contribution in [0.15, 0.2) is 30.6 Å². The monoisotopic (exact) mass is 202 g/mol. The molecule has 0 spiro atoms. The molecule has 2 aromatic rings. The summed E-state index contributed by atoms with van der Waals surface area (Å²) < 4.78 is 1.09. The molecule has 0 atom stereocenters. The predicted octanol–water partition coefficient (Wildman–Crippen LogP) is 0.857. The fourth-order valence-electron chi connectivity index (χ4n) is 1.33. The number of nitrogen functional groups attached to an aromatic ring is 1. The molecular weight excluding hydrogens is 192 g/mol. The van der Waals surface area contributed by atoms with Crippen LogP contribution in [0.5, 0.6) is 0 Å². The summed E-state index contributed by atoms with van der Waals surface area (Å²) >= 11 is 0. The van der Waals surface area contributed by atoms with Crippen LogP contribution in [0, 0.1) is 6.92 Å². The maximum absolute atomic E-state index is 11.9. The molecule has 5 nitrogen and oxygen atoms in total. The number of aryl methyl sites for hydroxylation is 1. The minimum absolute atomic E-state index is 0.100. The van der Waals surface area contributed by atoms with Gasteiger partial charge >= 0.3 is 0 Å². The highest BCUT2D eigenvalue weighted by atomic mass is 16.2. The molecular formula is C10H10N4O. The molecule has 1 heterocycles. The van der Waals surface area contributed by atoms with Crippen LogP contribution in [0.3, 0.4) is 0 Å². The van der Waals surface area contributed by atoms with E-state index in [9.17, 15) is 4.79 Å². The normalized spacial score (nSPS) is 10.2. The molecule has 5 heteroatoms. The van der Waals surface area contributed by atoms with Gasteiger partial charge in [-0.25, -0.2) is 0 Å². The maximum Gasteiger partial charge on any atom is 0.281 e. The van der Waals surface area contributed by atoms with Crippen LogP contribution < -0.4 is 5.73 Å². The van der Waals surface area contributed by atoms with Gasteiger partial charge in [0, 0.05) is 5.56 Å². The van der Waals surface area contributed by atoms with Crippen LogP contribution >= 0.6 is 0 Å². The molecule has 2 N–H and O–H groups in total. The largest absolute Gasteiger partial charge is 0.368 e. The SMILES string of the molecule is Cc1ccccc1C(=O)n1ncnc1N. The number of hydrogen-bond donors (Lipinski definition) is 1. The highest BCUT2D eigenvalue weighted by molar-refractivity contribution is 5.97. The first-order chi connectivity index (χ1) is 7.20. The highest BCUT2D eigenvalue weighted by Gasteiger charge is 2.13. The molecule has 1 aromatic heterocycles. The van der Waals surface area contributed by atoms with Gasteiger partial charge in [-0.3, -0.25) is 4.79 Å². The van der Waals surface area contributed by atoms with Crippen molar-refractivity contribution < 1.29 is 4.79 Å². The van der Waals surface area contributed by atoms with E-state index in [2.05, 4.69) is 10.1 Å². The summed E-state index contributed by atoms with van der Waals surface area (Å²) in [6.45, 7) is 1.86. The molecule has 0 aliphatic carbocycles. The molecule has 0 aliphatic heterocycles. The smallest absolute Gasteiger partial charge is 0.281 e.